The average Bonchev–Trinajstić information content (AvgIpc) is 2.35. The van der Waals surface area contributed by atoms with Gasteiger partial charge in [-0.2, -0.15) is 0 Å². The molecule has 17 heavy (non-hydrogen) atoms. The molecule has 4 nitrogen and oxygen atoms in total. The number of hydrogen-bond donors (Lipinski definition) is 1. The third-order valence-electron chi connectivity index (χ3n) is 2.09. The van der Waals surface area contributed by atoms with Gasteiger partial charge in [-0.15, -0.1) is 10.2 Å². The summed E-state index contributed by atoms with van der Waals surface area (Å²) in [6.45, 7) is 0. The van der Waals surface area contributed by atoms with Crippen molar-refractivity contribution in [2.24, 2.45) is 0 Å². The Hall–Kier alpha value is -1.52. The molecular formula is C11H9Cl2N3O. The van der Waals surface area contributed by atoms with Crippen LogP contribution < -0.4 is 10.1 Å². The molecule has 6 heteroatoms. The van der Waals surface area contributed by atoms with Crippen LogP contribution in [0.4, 0.5) is 11.4 Å². The van der Waals surface area contributed by atoms with Crippen LogP contribution in [0.25, 0.3) is 0 Å². The summed E-state index contributed by atoms with van der Waals surface area (Å²) < 4.78 is 5.06. The van der Waals surface area contributed by atoms with Crippen LogP contribution in [0.2, 0.25) is 10.3 Å². The van der Waals surface area contributed by atoms with Gasteiger partial charge in [0, 0.05) is 11.8 Å². The Morgan fingerprint density at radius 3 is 2.47 bits per heavy atom. The van der Waals surface area contributed by atoms with E-state index in [4.69, 9.17) is 27.9 Å². The highest BCUT2D eigenvalue weighted by Crippen LogP contribution is 2.25. The molecule has 2 rings (SSSR count). The van der Waals surface area contributed by atoms with Gasteiger partial charge < -0.3 is 10.1 Å². The summed E-state index contributed by atoms with van der Waals surface area (Å²) in [6, 6.07) is 9.02. The van der Waals surface area contributed by atoms with E-state index >= 15 is 0 Å². The number of benzene rings is 1. The van der Waals surface area contributed by atoms with E-state index in [1.165, 1.54) is 0 Å². The molecule has 2 aromatic rings. The Morgan fingerprint density at radius 2 is 1.82 bits per heavy atom. The van der Waals surface area contributed by atoms with E-state index in [0.717, 1.165) is 11.4 Å². The van der Waals surface area contributed by atoms with E-state index in [0.29, 0.717) is 5.69 Å². The number of methoxy groups -OCH3 is 1. The average molecular weight is 270 g/mol. The zero-order chi connectivity index (χ0) is 12.3. The summed E-state index contributed by atoms with van der Waals surface area (Å²) >= 11 is 11.6. The van der Waals surface area contributed by atoms with Crippen molar-refractivity contribution < 1.29 is 4.74 Å². The lowest BCUT2D eigenvalue weighted by atomic mass is 10.3. The molecule has 0 unspecified atom stereocenters. The lowest BCUT2D eigenvalue weighted by Crippen LogP contribution is -1.94. The molecule has 1 N–H and O–H groups in total. The Kier molecular flexibility index (Phi) is 3.66. The minimum absolute atomic E-state index is 0.269. The van der Waals surface area contributed by atoms with E-state index in [9.17, 15) is 0 Å². The van der Waals surface area contributed by atoms with Gasteiger partial charge >= 0.3 is 0 Å². The molecule has 0 amide bonds. The molecule has 88 valence electrons. The SMILES string of the molecule is COc1ccc(Nc2cc(Cl)nnc2Cl)cc1. The maximum Gasteiger partial charge on any atom is 0.175 e. The summed E-state index contributed by atoms with van der Waals surface area (Å²) in [6.07, 6.45) is 0. The molecule has 1 aromatic carbocycles. The number of anilines is 2. The topological polar surface area (TPSA) is 47.0 Å². The van der Waals surface area contributed by atoms with Gasteiger partial charge in [0.15, 0.2) is 10.3 Å². The zero-order valence-corrected chi connectivity index (χ0v) is 10.5. The van der Waals surface area contributed by atoms with Crippen LogP contribution in [0.1, 0.15) is 0 Å². The number of rotatable bonds is 3. The van der Waals surface area contributed by atoms with Crippen LogP contribution >= 0.6 is 23.2 Å². The van der Waals surface area contributed by atoms with Crippen molar-refractivity contribution in [1.29, 1.82) is 0 Å². The van der Waals surface area contributed by atoms with Crippen molar-refractivity contribution in [2.75, 3.05) is 12.4 Å². The summed E-state index contributed by atoms with van der Waals surface area (Å²) in [7, 11) is 1.62. The summed E-state index contributed by atoms with van der Waals surface area (Å²) in [5.41, 5.74) is 1.47. The smallest absolute Gasteiger partial charge is 0.175 e. The fourth-order valence-corrected chi connectivity index (χ4v) is 1.56. The van der Waals surface area contributed by atoms with Crippen molar-refractivity contribution in [3.05, 3.63) is 40.6 Å². The van der Waals surface area contributed by atoms with Crippen LogP contribution in [0.3, 0.4) is 0 Å². The van der Waals surface area contributed by atoms with E-state index in [-0.39, 0.29) is 10.3 Å². The minimum atomic E-state index is 0.269. The number of halogens is 2. The molecule has 0 bridgehead atoms. The highest BCUT2D eigenvalue weighted by Gasteiger charge is 2.04. The highest BCUT2D eigenvalue weighted by molar-refractivity contribution is 6.33. The van der Waals surface area contributed by atoms with Gasteiger partial charge in [0.05, 0.1) is 12.8 Å². The van der Waals surface area contributed by atoms with Crippen LogP contribution in [0.5, 0.6) is 5.75 Å². The van der Waals surface area contributed by atoms with Crippen molar-refractivity contribution in [1.82, 2.24) is 10.2 Å². The molecule has 1 aromatic heterocycles. The second-order valence-corrected chi connectivity index (χ2v) is 3.97. The van der Waals surface area contributed by atoms with Crippen LogP contribution in [-0.2, 0) is 0 Å². The second-order valence-electron chi connectivity index (χ2n) is 3.23. The maximum absolute atomic E-state index is 5.89. The molecule has 0 aliphatic rings. The first kappa shape index (κ1) is 12.0. The zero-order valence-electron chi connectivity index (χ0n) is 8.95. The number of nitrogens with zero attached hydrogens (tertiary/aromatic N) is 2. The molecule has 0 radical (unpaired) electrons. The van der Waals surface area contributed by atoms with Gasteiger partial charge in [0.1, 0.15) is 5.75 Å². The standard InChI is InChI=1S/C11H9Cl2N3O/c1-17-8-4-2-7(3-5-8)14-9-6-10(12)15-16-11(9)13/h2-6H,1H3,(H,14,15). The number of ether oxygens (including phenoxy) is 1. The van der Waals surface area contributed by atoms with Crippen molar-refractivity contribution in [3.8, 4) is 5.75 Å². The Bertz CT molecular complexity index is 517. The summed E-state index contributed by atoms with van der Waals surface area (Å²) in [5.74, 6) is 0.785. The molecule has 0 atom stereocenters. The monoisotopic (exact) mass is 269 g/mol. The predicted octanol–water partition coefficient (Wildman–Crippen LogP) is 3.54. The number of aromatic nitrogens is 2. The van der Waals surface area contributed by atoms with Crippen LogP contribution in [0.15, 0.2) is 30.3 Å². The fourth-order valence-electron chi connectivity index (χ4n) is 1.27. The number of hydrogen-bond acceptors (Lipinski definition) is 4. The summed E-state index contributed by atoms with van der Waals surface area (Å²) in [5, 5.41) is 11.0. The molecule has 0 fully saturated rings. The van der Waals surface area contributed by atoms with Gasteiger partial charge in [-0.3, -0.25) is 0 Å². The normalized spacial score (nSPS) is 10.1. The second kappa shape index (κ2) is 5.21. The molecule has 0 saturated heterocycles. The Morgan fingerprint density at radius 1 is 1.12 bits per heavy atom. The van der Waals surface area contributed by atoms with Crippen molar-refractivity contribution in [3.63, 3.8) is 0 Å². The van der Waals surface area contributed by atoms with Gasteiger partial charge in [-0.05, 0) is 24.3 Å². The highest BCUT2D eigenvalue weighted by atomic mass is 35.5. The van der Waals surface area contributed by atoms with Gasteiger partial charge in [-0.1, -0.05) is 23.2 Å². The van der Waals surface area contributed by atoms with Gasteiger partial charge in [-0.25, -0.2) is 0 Å². The lowest BCUT2D eigenvalue weighted by Gasteiger charge is -2.08. The maximum atomic E-state index is 5.89. The Balaban J connectivity index is 2.22. The first-order valence-corrected chi connectivity index (χ1v) is 5.54. The van der Waals surface area contributed by atoms with E-state index < -0.39 is 0 Å². The van der Waals surface area contributed by atoms with Gasteiger partial charge in [0.25, 0.3) is 0 Å². The Labute approximate surface area is 109 Å². The molecule has 0 spiro atoms. The lowest BCUT2D eigenvalue weighted by molar-refractivity contribution is 0.415. The molecule has 0 aliphatic heterocycles. The fraction of sp³-hybridized carbons (Fsp3) is 0.0909. The van der Waals surface area contributed by atoms with E-state index in [1.807, 2.05) is 24.3 Å². The molecule has 1 heterocycles. The largest absolute Gasteiger partial charge is 0.497 e. The summed E-state index contributed by atoms with van der Waals surface area (Å²) in [4.78, 5) is 0. The van der Waals surface area contributed by atoms with Crippen LogP contribution in [-0.4, -0.2) is 17.3 Å². The third-order valence-corrected chi connectivity index (χ3v) is 2.55. The quantitative estimate of drug-likeness (QED) is 0.926. The van der Waals surface area contributed by atoms with E-state index in [1.54, 1.807) is 13.2 Å². The molecule has 0 aliphatic carbocycles. The first-order chi connectivity index (χ1) is 8.19. The van der Waals surface area contributed by atoms with Crippen LogP contribution in [0, 0.1) is 0 Å². The van der Waals surface area contributed by atoms with Crippen molar-refractivity contribution in [2.45, 2.75) is 0 Å². The van der Waals surface area contributed by atoms with Crippen molar-refractivity contribution >= 4 is 34.6 Å². The van der Waals surface area contributed by atoms with Gasteiger partial charge in [0.2, 0.25) is 0 Å². The molecule has 0 saturated carbocycles. The first-order valence-electron chi connectivity index (χ1n) is 4.79. The number of nitrogens with one attached hydrogen (secondary N) is 1. The molecular weight excluding hydrogens is 261 g/mol. The van der Waals surface area contributed by atoms with E-state index in [2.05, 4.69) is 15.5 Å². The minimum Gasteiger partial charge on any atom is -0.497 e. The third kappa shape index (κ3) is 2.99. The predicted molar refractivity (Wildman–Crippen MR) is 68.3 cm³/mol.